The normalized spacial score (nSPS) is 18.0. The first-order valence-electron chi connectivity index (χ1n) is 7.47. The third-order valence-corrected chi connectivity index (χ3v) is 3.83. The number of anilines is 1. The zero-order valence-electron chi connectivity index (χ0n) is 13.4. The van der Waals surface area contributed by atoms with Gasteiger partial charge in [-0.1, -0.05) is 12.7 Å². The van der Waals surface area contributed by atoms with E-state index in [4.69, 9.17) is 0 Å². The van der Waals surface area contributed by atoms with Gasteiger partial charge in [-0.3, -0.25) is 9.59 Å². The van der Waals surface area contributed by atoms with E-state index in [1.165, 1.54) is 11.1 Å². The number of nitrogens with one attached hydrogen (secondary N) is 2. The molecule has 0 fully saturated rings. The number of nitrogens with zero attached hydrogens (tertiary/aromatic N) is 3. The molecule has 1 aliphatic rings. The summed E-state index contributed by atoms with van der Waals surface area (Å²) in [4.78, 5) is 32.2. The van der Waals surface area contributed by atoms with E-state index < -0.39 is 11.8 Å². The average Bonchev–Trinajstić information content (AvgIpc) is 3.13. The molecular formula is C17H17N5O2. The first-order chi connectivity index (χ1) is 11.5. The highest BCUT2D eigenvalue weighted by molar-refractivity contribution is 6.24. The molecule has 0 spiro atoms. The second-order valence-corrected chi connectivity index (χ2v) is 5.37. The second-order valence-electron chi connectivity index (χ2n) is 5.37. The van der Waals surface area contributed by atoms with Crippen molar-refractivity contribution in [1.29, 1.82) is 0 Å². The summed E-state index contributed by atoms with van der Waals surface area (Å²) >= 11 is 0. The Balaban J connectivity index is 1.81. The number of hydrazone groups is 1. The van der Waals surface area contributed by atoms with Crippen molar-refractivity contribution in [2.24, 2.45) is 11.0 Å². The van der Waals surface area contributed by atoms with Gasteiger partial charge in [0.15, 0.2) is 5.92 Å². The van der Waals surface area contributed by atoms with Crippen LogP contribution < -0.4 is 5.32 Å². The van der Waals surface area contributed by atoms with Crippen LogP contribution in [0.1, 0.15) is 13.8 Å². The zero-order valence-corrected chi connectivity index (χ0v) is 13.4. The monoisotopic (exact) mass is 323 g/mol. The van der Waals surface area contributed by atoms with Crippen molar-refractivity contribution >= 4 is 34.2 Å². The molecule has 7 heteroatoms. The maximum atomic E-state index is 12.5. The van der Waals surface area contributed by atoms with Crippen LogP contribution >= 0.6 is 0 Å². The van der Waals surface area contributed by atoms with Gasteiger partial charge >= 0.3 is 0 Å². The lowest BCUT2D eigenvalue weighted by Crippen LogP contribution is -2.35. The SMILES string of the molecule is C=C/C(=C\C)N1N=C(C)C(C(=O)Nc2ccc3nc[nH]c3c2)C1=O. The van der Waals surface area contributed by atoms with Crippen LogP contribution in [0.15, 0.2) is 54.1 Å². The molecule has 122 valence electrons. The Hall–Kier alpha value is -3.22. The number of hydrogen-bond donors (Lipinski definition) is 2. The van der Waals surface area contributed by atoms with Crippen molar-refractivity contribution < 1.29 is 9.59 Å². The molecule has 1 atom stereocenters. The van der Waals surface area contributed by atoms with Gasteiger partial charge in [0.2, 0.25) is 5.91 Å². The summed E-state index contributed by atoms with van der Waals surface area (Å²) in [5.41, 5.74) is 3.19. The fourth-order valence-corrected chi connectivity index (χ4v) is 2.61. The van der Waals surface area contributed by atoms with Crippen molar-refractivity contribution in [3.05, 3.63) is 49.0 Å². The number of carbonyl (C=O) groups is 2. The van der Waals surface area contributed by atoms with Gasteiger partial charge < -0.3 is 10.3 Å². The van der Waals surface area contributed by atoms with Crippen LogP contribution in [0.5, 0.6) is 0 Å². The smallest absolute Gasteiger partial charge is 0.265 e. The summed E-state index contributed by atoms with van der Waals surface area (Å²) in [5.74, 6) is -1.75. The third kappa shape index (κ3) is 2.60. The number of fused-ring (bicyclic) bond motifs is 1. The Morgan fingerprint density at radius 3 is 2.96 bits per heavy atom. The number of allylic oxidation sites excluding steroid dienone is 2. The van der Waals surface area contributed by atoms with Crippen molar-refractivity contribution in [1.82, 2.24) is 15.0 Å². The van der Waals surface area contributed by atoms with Crippen molar-refractivity contribution in [3.8, 4) is 0 Å². The van der Waals surface area contributed by atoms with Crippen LogP contribution in [0.3, 0.4) is 0 Å². The van der Waals surface area contributed by atoms with E-state index in [1.807, 2.05) is 0 Å². The van der Waals surface area contributed by atoms with E-state index in [0.717, 1.165) is 11.0 Å². The Labute approximate surface area is 138 Å². The van der Waals surface area contributed by atoms with Crippen LogP contribution in [-0.2, 0) is 9.59 Å². The molecule has 1 aromatic heterocycles. The molecule has 2 amide bonds. The summed E-state index contributed by atoms with van der Waals surface area (Å²) in [5, 5.41) is 8.16. The number of amides is 2. The molecule has 1 aliphatic heterocycles. The fraction of sp³-hybridized carbons (Fsp3) is 0.176. The summed E-state index contributed by atoms with van der Waals surface area (Å²) in [6, 6.07) is 5.30. The minimum absolute atomic E-state index is 0.388. The first kappa shape index (κ1) is 15.7. The molecule has 0 saturated heterocycles. The molecule has 1 aromatic carbocycles. The summed E-state index contributed by atoms with van der Waals surface area (Å²) in [6.07, 6.45) is 4.83. The number of hydrogen-bond acceptors (Lipinski definition) is 4. The molecule has 1 unspecified atom stereocenters. The highest BCUT2D eigenvalue weighted by Gasteiger charge is 2.39. The van der Waals surface area contributed by atoms with Crippen LogP contribution in [0.4, 0.5) is 5.69 Å². The predicted octanol–water partition coefficient (Wildman–Crippen LogP) is 2.43. The lowest BCUT2D eigenvalue weighted by molar-refractivity contribution is -0.134. The van der Waals surface area contributed by atoms with Crippen molar-refractivity contribution in [2.45, 2.75) is 13.8 Å². The Morgan fingerprint density at radius 1 is 1.46 bits per heavy atom. The maximum absolute atomic E-state index is 12.5. The van der Waals surface area contributed by atoms with Crippen molar-refractivity contribution in [3.63, 3.8) is 0 Å². The number of aromatic amines is 1. The van der Waals surface area contributed by atoms with Crippen LogP contribution in [0.25, 0.3) is 11.0 Å². The van der Waals surface area contributed by atoms with Crippen LogP contribution in [-0.4, -0.2) is 32.5 Å². The van der Waals surface area contributed by atoms with Crippen molar-refractivity contribution in [2.75, 3.05) is 5.32 Å². The van der Waals surface area contributed by atoms with Crippen LogP contribution in [0, 0.1) is 5.92 Å². The van der Waals surface area contributed by atoms with E-state index >= 15 is 0 Å². The number of carbonyl (C=O) groups excluding carboxylic acids is 2. The molecular weight excluding hydrogens is 306 g/mol. The molecule has 0 saturated carbocycles. The maximum Gasteiger partial charge on any atom is 0.265 e. The van der Waals surface area contributed by atoms with Gasteiger partial charge in [0.05, 0.1) is 28.8 Å². The van der Waals surface area contributed by atoms with E-state index in [-0.39, 0.29) is 5.91 Å². The number of aromatic nitrogens is 2. The van der Waals surface area contributed by atoms with Crippen LogP contribution in [0.2, 0.25) is 0 Å². The van der Waals surface area contributed by atoms with Gasteiger partial charge in [0.25, 0.3) is 5.91 Å². The molecule has 0 radical (unpaired) electrons. The number of H-pyrrole nitrogens is 1. The lowest BCUT2D eigenvalue weighted by Gasteiger charge is -2.15. The van der Waals surface area contributed by atoms with E-state index in [0.29, 0.717) is 17.1 Å². The predicted molar refractivity (Wildman–Crippen MR) is 92.1 cm³/mol. The highest BCUT2D eigenvalue weighted by Crippen LogP contribution is 2.23. The highest BCUT2D eigenvalue weighted by atomic mass is 16.2. The first-order valence-corrected chi connectivity index (χ1v) is 7.47. The molecule has 24 heavy (non-hydrogen) atoms. The van der Waals surface area contributed by atoms with Gasteiger partial charge in [-0.05, 0) is 38.1 Å². The second kappa shape index (κ2) is 6.11. The fourth-order valence-electron chi connectivity index (χ4n) is 2.61. The molecule has 2 aromatic rings. The molecule has 0 bridgehead atoms. The molecule has 2 N–H and O–H groups in total. The Kier molecular flexibility index (Phi) is 3.99. The number of imidazole rings is 1. The molecule has 3 rings (SSSR count). The summed E-state index contributed by atoms with van der Waals surface area (Å²) in [7, 11) is 0. The van der Waals surface area contributed by atoms with Gasteiger partial charge in [0, 0.05) is 5.69 Å². The van der Waals surface area contributed by atoms with Gasteiger partial charge in [-0.2, -0.15) is 5.10 Å². The third-order valence-electron chi connectivity index (χ3n) is 3.83. The lowest BCUT2D eigenvalue weighted by atomic mass is 10.0. The van der Waals surface area contributed by atoms with Gasteiger partial charge in [-0.15, -0.1) is 0 Å². The van der Waals surface area contributed by atoms with Gasteiger partial charge in [0.1, 0.15) is 0 Å². The Morgan fingerprint density at radius 2 is 2.25 bits per heavy atom. The Bertz CT molecular complexity index is 893. The summed E-state index contributed by atoms with van der Waals surface area (Å²) in [6.45, 7) is 7.10. The number of rotatable bonds is 4. The average molecular weight is 323 g/mol. The molecule has 0 aliphatic carbocycles. The number of benzene rings is 1. The molecule has 7 nitrogen and oxygen atoms in total. The standard InChI is InChI=1S/C17H17N5O2/c1-4-12(5-2)22-17(24)15(10(3)21-22)16(23)20-11-6-7-13-14(8-11)19-9-18-13/h4-9,15H,1H2,2-3H3,(H,18,19)(H,20,23)/b12-5+. The van der Waals surface area contributed by atoms with E-state index in [1.54, 1.807) is 44.4 Å². The quantitative estimate of drug-likeness (QED) is 0.669. The van der Waals surface area contributed by atoms with E-state index in [9.17, 15) is 9.59 Å². The minimum atomic E-state index is -0.947. The minimum Gasteiger partial charge on any atom is -0.345 e. The van der Waals surface area contributed by atoms with Gasteiger partial charge in [-0.25, -0.2) is 9.99 Å². The molecule has 2 heterocycles. The topological polar surface area (TPSA) is 90.4 Å². The summed E-state index contributed by atoms with van der Waals surface area (Å²) < 4.78 is 0. The largest absolute Gasteiger partial charge is 0.345 e. The van der Waals surface area contributed by atoms with E-state index in [2.05, 4.69) is 27.0 Å². The zero-order chi connectivity index (χ0) is 17.3.